The van der Waals surface area contributed by atoms with Crippen molar-refractivity contribution in [3.05, 3.63) is 47.1 Å². The highest BCUT2D eigenvalue weighted by atomic mass is 16.3. The van der Waals surface area contributed by atoms with E-state index in [9.17, 15) is 10.2 Å². The first kappa shape index (κ1) is 21.8. The Morgan fingerprint density at radius 1 is 1.09 bits per heavy atom. The quantitative estimate of drug-likeness (QED) is 0.531. The van der Waals surface area contributed by atoms with Gasteiger partial charge in [-0.3, -0.25) is 0 Å². The third kappa shape index (κ3) is 13.0. The van der Waals surface area contributed by atoms with Crippen LogP contribution in [-0.4, -0.2) is 33.6 Å². The van der Waals surface area contributed by atoms with E-state index in [-0.39, 0.29) is 6.61 Å². The van der Waals surface area contributed by atoms with Crippen LogP contribution in [0.3, 0.4) is 0 Å². The smallest absolute Gasteiger partial charge is 0.0802 e. The fourth-order valence-electron chi connectivity index (χ4n) is 2.29. The molecule has 132 valence electrons. The summed E-state index contributed by atoms with van der Waals surface area (Å²) in [5.74, 6) is 0. The van der Waals surface area contributed by atoms with Gasteiger partial charge in [-0.2, -0.15) is 0 Å². The normalized spacial score (nSPS) is 17.2. The lowest BCUT2D eigenvalue weighted by molar-refractivity contribution is 0.103. The molecule has 0 aromatic heterocycles. The predicted molar refractivity (Wildman–Crippen MR) is 98.3 cm³/mol. The SMILES string of the molecule is CC(C)=C[C@H](O)C/C(C)=C/CC[C@](C)(O)/C=C/C/C(C)=C/CO. The maximum Gasteiger partial charge on any atom is 0.0802 e. The molecule has 0 aromatic carbocycles. The van der Waals surface area contributed by atoms with E-state index >= 15 is 0 Å². The molecular formula is C20H34O3. The zero-order valence-electron chi connectivity index (χ0n) is 15.3. The lowest BCUT2D eigenvalue weighted by atomic mass is 9.97. The molecule has 0 rings (SSSR count). The maximum atomic E-state index is 10.3. The van der Waals surface area contributed by atoms with Crippen molar-refractivity contribution in [2.24, 2.45) is 0 Å². The van der Waals surface area contributed by atoms with Crippen LogP contribution in [0.15, 0.2) is 47.1 Å². The lowest BCUT2D eigenvalue weighted by Gasteiger charge is -2.18. The summed E-state index contributed by atoms with van der Waals surface area (Å²) in [5.41, 5.74) is 2.50. The van der Waals surface area contributed by atoms with Gasteiger partial charge in [-0.25, -0.2) is 0 Å². The molecule has 23 heavy (non-hydrogen) atoms. The van der Waals surface area contributed by atoms with Gasteiger partial charge in [-0.1, -0.05) is 47.1 Å². The van der Waals surface area contributed by atoms with Gasteiger partial charge < -0.3 is 15.3 Å². The van der Waals surface area contributed by atoms with Gasteiger partial charge in [0.25, 0.3) is 0 Å². The van der Waals surface area contributed by atoms with Crippen molar-refractivity contribution in [1.82, 2.24) is 0 Å². The van der Waals surface area contributed by atoms with Crippen LogP contribution < -0.4 is 0 Å². The van der Waals surface area contributed by atoms with Gasteiger partial charge in [-0.05, 0) is 60.3 Å². The van der Waals surface area contributed by atoms with Crippen LogP contribution in [0, 0.1) is 0 Å². The molecule has 0 saturated heterocycles. The second-order valence-electron chi connectivity index (χ2n) is 6.80. The van der Waals surface area contributed by atoms with Crippen molar-refractivity contribution >= 4 is 0 Å². The van der Waals surface area contributed by atoms with Crippen LogP contribution in [-0.2, 0) is 0 Å². The molecule has 0 unspecified atom stereocenters. The van der Waals surface area contributed by atoms with Crippen molar-refractivity contribution in [2.75, 3.05) is 6.61 Å². The standard InChI is InChI=1S/C20H34O3/c1-16(2)14-19(22)15-18(4)9-7-12-20(5,23)11-6-8-17(3)10-13-21/h6,9-11,14,19,21-23H,7-8,12-13,15H2,1-5H3/b11-6+,17-10+,18-9+/t19-,20+/m0/s1. The number of allylic oxidation sites excluding steroid dienone is 4. The van der Waals surface area contributed by atoms with E-state index in [2.05, 4.69) is 6.08 Å². The summed E-state index contributed by atoms with van der Waals surface area (Å²) in [4.78, 5) is 0. The second kappa shape index (κ2) is 11.4. The second-order valence-corrected chi connectivity index (χ2v) is 6.80. The minimum atomic E-state index is -0.838. The maximum absolute atomic E-state index is 10.3. The molecule has 3 N–H and O–H groups in total. The van der Waals surface area contributed by atoms with Gasteiger partial charge in [0.15, 0.2) is 0 Å². The molecule has 2 atom stereocenters. The summed E-state index contributed by atoms with van der Waals surface area (Å²) in [7, 11) is 0. The van der Waals surface area contributed by atoms with Crippen LogP contribution in [0.1, 0.15) is 60.3 Å². The third-order valence-electron chi connectivity index (χ3n) is 3.56. The molecule has 0 fully saturated rings. The van der Waals surface area contributed by atoms with Crippen LogP contribution in [0.2, 0.25) is 0 Å². The van der Waals surface area contributed by atoms with E-state index in [4.69, 9.17) is 5.11 Å². The number of rotatable bonds is 10. The lowest BCUT2D eigenvalue weighted by Crippen LogP contribution is -2.20. The summed E-state index contributed by atoms with van der Waals surface area (Å²) in [5, 5.41) is 29.0. The van der Waals surface area contributed by atoms with E-state index in [1.807, 2.05) is 45.9 Å². The van der Waals surface area contributed by atoms with Crippen molar-refractivity contribution in [2.45, 2.75) is 72.0 Å². The molecule has 0 aromatic rings. The average Bonchev–Trinajstić information content (AvgIpc) is 2.36. The minimum Gasteiger partial charge on any atom is -0.392 e. The highest BCUT2D eigenvalue weighted by molar-refractivity contribution is 5.10. The van der Waals surface area contributed by atoms with E-state index in [1.54, 1.807) is 13.0 Å². The largest absolute Gasteiger partial charge is 0.392 e. The molecule has 0 saturated carbocycles. The van der Waals surface area contributed by atoms with Crippen molar-refractivity contribution in [3.63, 3.8) is 0 Å². The fraction of sp³-hybridized carbons (Fsp3) is 0.600. The Bertz CT molecular complexity index is 450. The average molecular weight is 322 g/mol. The van der Waals surface area contributed by atoms with Crippen LogP contribution >= 0.6 is 0 Å². The predicted octanol–water partition coefficient (Wildman–Crippen LogP) is 4.07. The highest BCUT2D eigenvalue weighted by Crippen LogP contribution is 2.17. The Morgan fingerprint density at radius 3 is 2.30 bits per heavy atom. The van der Waals surface area contributed by atoms with E-state index in [1.165, 1.54) is 0 Å². The number of aliphatic hydroxyl groups is 3. The van der Waals surface area contributed by atoms with Gasteiger partial charge in [0.1, 0.15) is 0 Å². The number of hydrogen-bond acceptors (Lipinski definition) is 3. The van der Waals surface area contributed by atoms with Gasteiger partial charge in [0.05, 0.1) is 18.3 Å². The zero-order valence-corrected chi connectivity index (χ0v) is 15.3. The summed E-state index contributed by atoms with van der Waals surface area (Å²) >= 11 is 0. The molecule has 3 heteroatoms. The van der Waals surface area contributed by atoms with E-state index < -0.39 is 11.7 Å². The topological polar surface area (TPSA) is 60.7 Å². The van der Waals surface area contributed by atoms with E-state index in [0.717, 1.165) is 29.6 Å². The first-order chi connectivity index (χ1) is 10.7. The van der Waals surface area contributed by atoms with Gasteiger partial charge in [0.2, 0.25) is 0 Å². The van der Waals surface area contributed by atoms with Gasteiger partial charge >= 0.3 is 0 Å². The Balaban J connectivity index is 4.32. The first-order valence-electron chi connectivity index (χ1n) is 8.31. The summed E-state index contributed by atoms with van der Waals surface area (Å²) in [6, 6.07) is 0. The van der Waals surface area contributed by atoms with Crippen molar-refractivity contribution in [3.8, 4) is 0 Å². The van der Waals surface area contributed by atoms with Gasteiger partial charge in [0, 0.05) is 0 Å². The molecule has 0 aliphatic rings. The molecule has 0 aliphatic heterocycles. The Morgan fingerprint density at radius 2 is 1.74 bits per heavy atom. The molecule has 0 bridgehead atoms. The Kier molecular flexibility index (Phi) is 10.8. The Hall–Kier alpha value is -1.16. The highest BCUT2D eigenvalue weighted by Gasteiger charge is 2.14. The number of aliphatic hydroxyl groups excluding tert-OH is 2. The summed E-state index contributed by atoms with van der Waals surface area (Å²) in [6.07, 6.45) is 11.8. The van der Waals surface area contributed by atoms with Crippen molar-refractivity contribution < 1.29 is 15.3 Å². The molecular weight excluding hydrogens is 288 g/mol. The van der Waals surface area contributed by atoms with Crippen LogP contribution in [0.5, 0.6) is 0 Å². The zero-order chi connectivity index (χ0) is 17.9. The molecule has 0 spiro atoms. The molecule has 0 heterocycles. The molecule has 0 amide bonds. The third-order valence-corrected chi connectivity index (χ3v) is 3.56. The summed E-state index contributed by atoms with van der Waals surface area (Å²) in [6.45, 7) is 9.77. The summed E-state index contributed by atoms with van der Waals surface area (Å²) < 4.78 is 0. The molecule has 3 nitrogen and oxygen atoms in total. The van der Waals surface area contributed by atoms with Crippen LogP contribution in [0.25, 0.3) is 0 Å². The van der Waals surface area contributed by atoms with Crippen molar-refractivity contribution in [1.29, 1.82) is 0 Å². The first-order valence-corrected chi connectivity index (χ1v) is 8.31. The monoisotopic (exact) mass is 322 g/mol. The molecule has 0 aliphatic carbocycles. The van der Waals surface area contributed by atoms with Crippen LogP contribution in [0.4, 0.5) is 0 Å². The minimum absolute atomic E-state index is 0.0543. The number of hydrogen-bond donors (Lipinski definition) is 3. The van der Waals surface area contributed by atoms with E-state index in [0.29, 0.717) is 12.8 Å². The molecule has 0 radical (unpaired) electrons. The van der Waals surface area contributed by atoms with Gasteiger partial charge in [-0.15, -0.1) is 0 Å². The Labute approximate surface area is 141 Å². The fourth-order valence-corrected chi connectivity index (χ4v) is 2.29.